The minimum atomic E-state index is 0.589. The Bertz CT molecular complexity index is 83.3. The normalized spacial score (nSPS) is 13.0. The molecule has 1 N–H and O–H groups in total. The van der Waals surface area contributed by atoms with Gasteiger partial charge in [0.05, 0.1) is 0 Å². The zero-order valence-corrected chi connectivity index (χ0v) is 6.89. The van der Waals surface area contributed by atoms with Crippen molar-refractivity contribution in [3.05, 3.63) is 0 Å². The van der Waals surface area contributed by atoms with Gasteiger partial charge in [-0.1, -0.05) is 6.92 Å². The van der Waals surface area contributed by atoms with Gasteiger partial charge < -0.3 is 10.1 Å². The second kappa shape index (κ2) is 6.75. The quantitative estimate of drug-likeness (QED) is 0.449. The molecule has 0 radical (unpaired) electrons. The molecule has 0 rings (SSSR count). The Hall–Kier alpha value is -0.370. The lowest BCUT2D eigenvalue weighted by molar-refractivity contribution is -0.107. The summed E-state index contributed by atoms with van der Waals surface area (Å²) in [6.45, 7) is 5.27. The summed E-state index contributed by atoms with van der Waals surface area (Å²) in [5, 5.41) is 3.31. The molecule has 0 saturated carbocycles. The van der Waals surface area contributed by atoms with Crippen LogP contribution in [0.25, 0.3) is 0 Å². The average molecular weight is 143 g/mol. The van der Waals surface area contributed by atoms with Crippen LogP contribution in [0.4, 0.5) is 0 Å². The molecule has 0 amide bonds. The molecule has 0 heterocycles. The first-order valence-electron chi connectivity index (χ1n) is 3.98. The van der Waals surface area contributed by atoms with Crippen LogP contribution in [0.1, 0.15) is 33.1 Å². The summed E-state index contributed by atoms with van der Waals surface area (Å²) in [6.07, 6.45) is 3.77. The van der Waals surface area contributed by atoms with Crippen LogP contribution in [0.2, 0.25) is 0 Å². The number of unbranched alkanes of at least 4 members (excludes halogenated alkanes) is 1. The van der Waals surface area contributed by atoms with Crippen LogP contribution in [0.3, 0.4) is 0 Å². The first kappa shape index (κ1) is 9.63. The third kappa shape index (κ3) is 5.76. The molecule has 0 aromatic heterocycles. The summed E-state index contributed by atoms with van der Waals surface area (Å²) >= 11 is 0. The van der Waals surface area contributed by atoms with Gasteiger partial charge in [0.15, 0.2) is 0 Å². The molecule has 0 spiro atoms. The zero-order valence-electron chi connectivity index (χ0n) is 6.89. The van der Waals surface area contributed by atoms with Crippen LogP contribution in [0.15, 0.2) is 0 Å². The average Bonchev–Trinajstić information content (AvgIpc) is 1.98. The molecule has 0 aromatic rings. The number of carbonyl (C=O) groups excluding carboxylic acids is 1. The largest absolute Gasteiger partial charge is 0.314 e. The molecule has 0 fully saturated rings. The third-order valence-electron chi connectivity index (χ3n) is 1.60. The van der Waals surface area contributed by atoms with Crippen LogP contribution in [-0.2, 0) is 4.79 Å². The molecule has 2 heteroatoms. The molecule has 0 bridgehead atoms. The molecule has 0 aliphatic heterocycles. The third-order valence-corrected chi connectivity index (χ3v) is 1.60. The van der Waals surface area contributed by atoms with Gasteiger partial charge in [0.2, 0.25) is 0 Å². The molecule has 10 heavy (non-hydrogen) atoms. The number of carbonyl (C=O) groups is 1. The van der Waals surface area contributed by atoms with Crippen molar-refractivity contribution >= 4 is 6.29 Å². The van der Waals surface area contributed by atoms with Crippen molar-refractivity contribution in [2.45, 2.75) is 39.2 Å². The fourth-order valence-corrected chi connectivity index (χ4v) is 0.678. The Morgan fingerprint density at radius 2 is 2.30 bits per heavy atom. The van der Waals surface area contributed by atoms with E-state index in [9.17, 15) is 4.79 Å². The lowest BCUT2D eigenvalue weighted by Crippen LogP contribution is -2.25. The maximum Gasteiger partial charge on any atom is 0.120 e. The van der Waals surface area contributed by atoms with Crippen molar-refractivity contribution in [2.75, 3.05) is 6.54 Å². The van der Waals surface area contributed by atoms with Crippen molar-refractivity contribution in [3.63, 3.8) is 0 Å². The van der Waals surface area contributed by atoms with E-state index in [2.05, 4.69) is 19.2 Å². The van der Waals surface area contributed by atoms with Crippen molar-refractivity contribution in [1.29, 1.82) is 0 Å². The van der Waals surface area contributed by atoms with E-state index in [1.54, 1.807) is 0 Å². The highest BCUT2D eigenvalue weighted by atomic mass is 16.1. The van der Waals surface area contributed by atoms with Crippen LogP contribution >= 0.6 is 0 Å². The minimum absolute atomic E-state index is 0.589. The second-order valence-corrected chi connectivity index (χ2v) is 2.57. The summed E-state index contributed by atoms with van der Waals surface area (Å²) in [4.78, 5) is 9.89. The van der Waals surface area contributed by atoms with Gasteiger partial charge in [0, 0.05) is 12.5 Å². The van der Waals surface area contributed by atoms with Crippen LogP contribution in [0, 0.1) is 0 Å². The van der Waals surface area contributed by atoms with Crippen LogP contribution < -0.4 is 5.32 Å². The lowest BCUT2D eigenvalue weighted by atomic mass is 10.2. The van der Waals surface area contributed by atoms with Gasteiger partial charge in [0.1, 0.15) is 6.29 Å². The highest BCUT2D eigenvalue weighted by Gasteiger charge is 1.94. The second-order valence-electron chi connectivity index (χ2n) is 2.57. The summed E-state index contributed by atoms with van der Waals surface area (Å²) < 4.78 is 0. The summed E-state index contributed by atoms with van der Waals surface area (Å²) in [7, 11) is 0. The van der Waals surface area contributed by atoms with Gasteiger partial charge in [-0.15, -0.1) is 0 Å². The monoisotopic (exact) mass is 143 g/mol. The van der Waals surface area contributed by atoms with E-state index in [0.717, 1.165) is 25.7 Å². The molecule has 1 unspecified atom stereocenters. The Morgan fingerprint density at radius 3 is 2.80 bits per heavy atom. The van der Waals surface area contributed by atoms with Gasteiger partial charge in [-0.2, -0.15) is 0 Å². The van der Waals surface area contributed by atoms with Crippen molar-refractivity contribution < 1.29 is 4.79 Å². The zero-order chi connectivity index (χ0) is 7.82. The molecule has 60 valence electrons. The molecular weight excluding hydrogens is 126 g/mol. The van der Waals surface area contributed by atoms with Crippen molar-refractivity contribution in [1.82, 2.24) is 5.32 Å². The van der Waals surface area contributed by atoms with Gasteiger partial charge >= 0.3 is 0 Å². The van der Waals surface area contributed by atoms with Gasteiger partial charge in [-0.3, -0.25) is 0 Å². The highest BCUT2D eigenvalue weighted by Crippen LogP contribution is 1.88. The van der Waals surface area contributed by atoms with E-state index in [1.165, 1.54) is 0 Å². The SMILES string of the molecule is CCC(C)NCCCC=O. The van der Waals surface area contributed by atoms with Crippen LogP contribution in [-0.4, -0.2) is 18.9 Å². The Balaban J connectivity index is 2.95. The predicted molar refractivity (Wildman–Crippen MR) is 43.1 cm³/mol. The predicted octanol–water partition coefficient (Wildman–Crippen LogP) is 1.35. The van der Waals surface area contributed by atoms with E-state index >= 15 is 0 Å². The molecule has 0 aliphatic carbocycles. The first-order chi connectivity index (χ1) is 4.81. The molecule has 0 aromatic carbocycles. The standard InChI is InChI=1S/C8H17NO/c1-3-8(2)9-6-4-5-7-10/h7-9H,3-6H2,1-2H3. The maximum absolute atomic E-state index is 9.89. The minimum Gasteiger partial charge on any atom is -0.314 e. The van der Waals surface area contributed by atoms with Crippen LogP contribution in [0.5, 0.6) is 0 Å². The van der Waals surface area contributed by atoms with E-state index < -0.39 is 0 Å². The Morgan fingerprint density at radius 1 is 1.60 bits per heavy atom. The van der Waals surface area contributed by atoms with Crippen molar-refractivity contribution in [3.8, 4) is 0 Å². The maximum atomic E-state index is 9.89. The van der Waals surface area contributed by atoms with E-state index in [1.807, 2.05) is 0 Å². The number of rotatable bonds is 6. The number of nitrogens with one attached hydrogen (secondary N) is 1. The molecular formula is C8H17NO. The molecule has 0 saturated heterocycles. The number of hydrogen-bond donors (Lipinski definition) is 1. The fraction of sp³-hybridized carbons (Fsp3) is 0.875. The summed E-state index contributed by atoms with van der Waals surface area (Å²) in [5.41, 5.74) is 0. The van der Waals surface area contributed by atoms with Gasteiger partial charge in [-0.25, -0.2) is 0 Å². The molecule has 2 nitrogen and oxygen atoms in total. The van der Waals surface area contributed by atoms with E-state index in [4.69, 9.17) is 0 Å². The van der Waals surface area contributed by atoms with E-state index in [0.29, 0.717) is 12.5 Å². The van der Waals surface area contributed by atoms with E-state index in [-0.39, 0.29) is 0 Å². The topological polar surface area (TPSA) is 29.1 Å². The number of aldehydes is 1. The van der Waals surface area contributed by atoms with Gasteiger partial charge in [0.25, 0.3) is 0 Å². The molecule has 0 aliphatic rings. The summed E-state index contributed by atoms with van der Waals surface area (Å²) in [6, 6.07) is 0.589. The fourth-order valence-electron chi connectivity index (χ4n) is 0.678. The Kier molecular flexibility index (Phi) is 6.50. The Labute approximate surface area is 63.0 Å². The highest BCUT2D eigenvalue weighted by molar-refractivity contribution is 5.48. The summed E-state index contributed by atoms with van der Waals surface area (Å²) in [5.74, 6) is 0. The lowest BCUT2D eigenvalue weighted by Gasteiger charge is -2.09. The smallest absolute Gasteiger partial charge is 0.120 e. The number of hydrogen-bond acceptors (Lipinski definition) is 2. The van der Waals surface area contributed by atoms with Gasteiger partial charge in [-0.05, 0) is 26.3 Å². The molecule has 1 atom stereocenters. The van der Waals surface area contributed by atoms with Crippen molar-refractivity contribution in [2.24, 2.45) is 0 Å². The first-order valence-corrected chi connectivity index (χ1v) is 3.98.